The zero-order valence-electron chi connectivity index (χ0n) is 21.2. The van der Waals surface area contributed by atoms with Crippen molar-refractivity contribution in [2.75, 3.05) is 18.2 Å². The molecule has 1 atom stereocenters. The average Bonchev–Trinajstić information content (AvgIpc) is 2.97. The molecule has 10 nitrogen and oxygen atoms in total. The van der Waals surface area contributed by atoms with Gasteiger partial charge >= 0.3 is 6.01 Å². The Hall–Kier alpha value is -5.38. The van der Waals surface area contributed by atoms with Gasteiger partial charge in [0.25, 0.3) is 5.56 Å². The van der Waals surface area contributed by atoms with Crippen LogP contribution in [0.4, 0.5) is 11.8 Å². The maximum Gasteiger partial charge on any atom is 0.316 e. The summed E-state index contributed by atoms with van der Waals surface area (Å²) in [6.07, 6.45) is 4.99. The van der Waals surface area contributed by atoms with Crippen LogP contribution in [0.5, 0.6) is 6.01 Å². The van der Waals surface area contributed by atoms with Gasteiger partial charge in [0, 0.05) is 35.5 Å². The molecule has 1 unspecified atom stereocenters. The third kappa shape index (κ3) is 4.37. The van der Waals surface area contributed by atoms with E-state index in [1.807, 2.05) is 67.6 Å². The molecular weight excluding hydrogens is 492 g/mol. The van der Waals surface area contributed by atoms with Crippen molar-refractivity contribution in [3.8, 4) is 22.8 Å². The molecule has 0 amide bonds. The molecule has 0 saturated carbocycles. The number of benzene rings is 2. The van der Waals surface area contributed by atoms with E-state index in [0.717, 1.165) is 22.3 Å². The molecule has 0 aliphatic rings. The maximum atomic E-state index is 14.3. The number of anilines is 2. The number of para-hydroxylation sites is 1. The predicted octanol–water partition coefficient (Wildman–Crippen LogP) is 4.55. The van der Waals surface area contributed by atoms with Crippen LogP contribution in [-0.2, 0) is 0 Å². The van der Waals surface area contributed by atoms with Crippen LogP contribution in [0.2, 0.25) is 0 Å². The van der Waals surface area contributed by atoms with Gasteiger partial charge in [-0.2, -0.15) is 4.98 Å². The monoisotopic (exact) mass is 516 g/mol. The molecule has 0 radical (unpaired) electrons. The minimum absolute atomic E-state index is 0.135. The lowest BCUT2D eigenvalue weighted by atomic mass is 9.99. The Morgan fingerprint density at radius 1 is 0.949 bits per heavy atom. The second-order valence-electron chi connectivity index (χ2n) is 8.94. The first-order valence-electron chi connectivity index (χ1n) is 12.3. The molecule has 6 rings (SSSR count). The number of hydrogen-bond acceptors (Lipinski definition) is 9. The first-order chi connectivity index (χ1) is 19.0. The molecule has 0 aliphatic heterocycles. The number of nitrogens with one attached hydrogen (secondary N) is 1. The molecule has 0 aliphatic carbocycles. The van der Waals surface area contributed by atoms with Gasteiger partial charge in [0.1, 0.15) is 5.52 Å². The third-order valence-corrected chi connectivity index (χ3v) is 6.48. The van der Waals surface area contributed by atoms with Gasteiger partial charge in [-0.25, -0.2) is 15.0 Å². The highest BCUT2D eigenvalue weighted by molar-refractivity contribution is 5.96. The van der Waals surface area contributed by atoms with Gasteiger partial charge < -0.3 is 15.8 Å². The minimum atomic E-state index is -0.352. The van der Waals surface area contributed by atoms with Crippen LogP contribution < -0.4 is 21.3 Å². The maximum absolute atomic E-state index is 14.3. The Labute approximate surface area is 223 Å². The molecule has 0 fully saturated rings. The second kappa shape index (κ2) is 9.82. The third-order valence-electron chi connectivity index (χ3n) is 6.48. The van der Waals surface area contributed by atoms with Gasteiger partial charge in [-0.15, -0.1) is 0 Å². The Morgan fingerprint density at radius 2 is 1.74 bits per heavy atom. The molecule has 3 N–H and O–H groups in total. The number of fused-ring (bicyclic) bond motifs is 2. The summed E-state index contributed by atoms with van der Waals surface area (Å²) >= 11 is 0. The fraction of sp³-hybridized carbons (Fsp3) is 0.103. The molecule has 4 heterocycles. The van der Waals surface area contributed by atoms with Crippen LogP contribution in [0.15, 0.2) is 90.1 Å². The predicted molar refractivity (Wildman–Crippen MR) is 151 cm³/mol. The molecule has 0 bridgehead atoms. The summed E-state index contributed by atoms with van der Waals surface area (Å²) < 4.78 is 6.82. The van der Waals surface area contributed by atoms with Crippen LogP contribution in [0.1, 0.15) is 18.7 Å². The number of pyridine rings is 2. The summed E-state index contributed by atoms with van der Waals surface area (Å²) in [6.45, 7) is 1.97. The topological polar surface area (TPSA) is 134 Å². The number of nitrogen functional groups attached to an aromatic ring is 1. The van der Waals surface area contributed by atoms with Gasteiger partial charge in [-0.05, 0) is 48.2 Å². The highest BCUT2D eigenvalue weighted by Crippen LogP contribution is 2.30. The van der Waals surface area contributed by atoms with Crippen LogP contribution >= 0.6 is 0 Å². The van der Waals surface area contributed by atoms with E-state index in [2.05, 4.69) is 30.2 Å². The Bertz CT molecular complexity index is 1870. The van der Waals surface area contributed by atoms with E-state index in [4.69, 9.17) is 10.5 Å². The van der Waals surface area contributed by atoms with E-state index in [-0.39, 0.29) is 23.6 Å². The molecule has 2 aromatic carbocycles. The molecule has 0 saturated heterocycles. The Kier molecular flexibility index (Phi) is 6.04. The fourth-order valence-electron chi connectivity index (χ4n) is 4.71. The van der Waals surface area contributed by atoms with Crippen molar-refractivity contribution in [3.05, 3.63) is 101 Å². The highest BCUT2D eigenvalue weighted by atomic mass is 16.5. The van der Waals surface area contributed by atoms with Crippen molar-refractivity contribution < 1.29 is 4.74 Å². The average molecular weight is 517 g/mol. The number of rotatable bonds is 6. The van der Waals surface area contributed by atoms with Gasteiger partial charge in [0.2, 0.25) is 5.95 Å². The smallest absolute Gasteiger partial charge is 0.316 e. The van der Waals surface area contributed by atoms with Gasteiger partial charge in [-0.1, -0.05) is 36.4 Å². The Morgan fingerprint density at radius 3 is 2.51 bits per heavy atom. The standard InChI is InChI=1S/C29H24N8O2/c1-17(34-26-25-22(12-7-13-31-25)35-28(30)36-26)23-14-18-8-6-11-21(19-15-32-29(39-2)33-16-19)24(18)27(38)37(23)20-9-4-3-5-10-20/h3-17H,1-2H3,(H3,30,34,35,36). The molecule has 6 aromatic rings. The van der Waals surface area contributed by atoms with E-state index >= 15 is 0 Å². The van der Waals surface area contributed by atoms with E-state index in [9.17, 15) is 4.79 Å². The molecule has 39 heavy (non-hydrogen) atoms. The fourth-order valence-corrected chi connectivity index (χ4v) is 4.71. The molecular formula is C29H24N8O2. The van der Waals surface area contributed by atoms with Gasteiger partial charge in [0.05, 0.1) is 24.1 Å². The van der Waals surface area contributed by atoms with E-state index in [1.54, 1.807) is 29.2 Å². The zero-order chi connectivity index (χ0) is 26.9. The number of ether oxygens (including phenoxy) is 1. The first-order valence-corrected chi connectivity index (χ1v) is 12.3. The number of nitrogens with two attached hydrogens (primary N) is 1. The molecule has 10 heteroatoms. The first kappa shape index (κ1) is 24.0. The molecule has 4 aromatic heterocycles. The van der Waals surface area contributed by atoms with Crippen molar-refractivity contribution in [3.63, 3.8) is 0 Å². The van der Waals surface area contributed by atoms with Crippen molar-refractivity contribution in [1.82, 2.24) is 29.5 Å². The minimum Gasteiger partial charge on any atom is -0.467 e. The summed E-state index contributed by atoms with van der Waals surface area (Å²) in [7, 11) is 1.51. The molecule has 192 valence electrons. The van der Waals surface area contributed by atoms with Crippen molar-refractivity contribution in [2.24, 2.45) is 0 Å². The van der Waals surface area contributed by atoms with Crippen LogP contribution in [0.3, 0.4) is 0 Å². The summed E-state index contributed by atoms with van der Waals surface area (Å²) in [6, 6.07) is 20.8. The Balaban J connectivity index is 1.55. The normalized spacial score (nSPS) is 11.9. The van der Waals surface area contributed by atoms with Gasteiger partial charge in [-0.3, -0.25) is 14.3 Å². The van der Waals surface area contributed by atoms with Crippen LogP contribution in [-0.4, -0.2) is 36.6 Å². The lowest BCUT2D eigenvalue weighted by molar-refractivity contribution is 0.380. The van der Waals surface area contributed by atoms with Crippen molar-refractivity contribution in [2.45, 2.75) is 13.0 Å². The van der Waals surface area contributed by atoms with Gasteiger partial charge in [0.15, 0.2) is 5.82 Å². The lowest BCUT2D eigenvalue weighted by Crippen LogP contribution is -2.26. The number of methoxy groups -OCH3 is 1. The number of nitrogens with zero attached hydrogens (tertiary/aromatic N) is 6. The van der Waals surface area contributed by atoms with Crippen molar-refractivity contribution >= 4 is 33.6 Å². The highest BCUT2D eigenvalue weighted by Gasteiger charge is 2.20. The number of aromatic nitrogens is 6. The quantitative estimate of drug-likeness (QED) is 0.327. The summed E-state index contributed by atoms with van der Waals surface area (Å²) in [4.78, 5) is 35.9. The number of hydrogen-bond donors (Lipinski definition) is 2. The van der Waals surface area contributed by atoms with E-state index in [1.165, 1.54) is 7.11 Å². The largest absolute Gasteiger partial charge is 0.467 e. The molecule has 0 spiro atoms. The zero-order valence-corrected chi connectivity index (χ0v) is 21.2. The van der Waals surface area contributed by atoms with E-state index in [0.29, 0.717) is 27.8 Å². The summed E-state index contributed by atoms with van der Waals surface area (Å²) in [5.41, 5.74) is 9.96. The summed E-state index contributed by atoms with van der Waals surface area (Å²) in [5, 5.41) is 4.76. The SMILES string of the molecule is COc1ncc(-c2cccc3cc(C(C)Nc4nc(N)nc5cccnc45)n(-c4ccccc4)c(=O)c23)cn1. The lowest BCUT2D eigenvalue weighted by Gasteiger charge is -2.22. The second-order valence-corrected chi connectivity index (χ2v) is 8.94. The van der Waals surface area contributed by atoms with Crippen molar-refractivity contribution in [1.29, 1.82) is 0 Å². The van der Waals surface area contributed by atoms with E-state index < -0.39 is 0 Å². The summed E-state index contributed by atoms with van der Waals surface area (Å²) in [5.74, 6) is 0.623. The van der Waals surface area contributed by atoms with Crippen LogP contribution in [0, 0.1) is 0 Å². The van der Waals surface area contributed by atoms with Crippen LogP contribution in [0.25, 0.3) is 38.6 Å².